The highest BCUT2D eigenvalue weighted by atomic mass is 16.5. The molecular formula is C12H21N3O. The van der Waals surface area contributed by atoms with Crippen LogP contribution < -0.4 is 10.1 Å². The van der Waals surface area contributed by atoms with Crippen molar-refractivity contribution in [2.24, 2.45) is 0 Å². The molecule has 1 fully saturated rings. The Morgan fingerprint density at radius 3 is 2.81 bits per heavy atom. The van der Waals surface area contributed by atoms with Crippen LogP contribution in [-0.4, -0.2) is 23.4 Å². The third-order valence-electron chi connectivity index (χ3n) is 3.36. The number of hydrogen-bond acceptors (Lipinski definition) is 3. The fourth-order valence-electron chi connectivity index (χ4n) is 2.51. The highest BCUT2D eigenvalue weighted by Crippen LogP contribution is 2.37. The molecule has 1 aliphatic rings. The fraction of sp³-hybridized carbons (Fsp3) is 0.750. The third kappa shape index (κ3) is 1.71. The molecular weight excluding hydrogens is 202 g/mol. The Morgan fingerprint density at radius 1 is 1.56 bits per heavy atom. The summed E-state index contributed by atoms with van der Waals surface area (Å²) in [5.74, 6) is 0.894. The molecule has 0 saturated carbocycles. The zero-order chi connectivity index (χ0) is 11.8. The lowest BCUT2D eigenvalue weighted by Gasteiger charge is -2.27. The lowest BCUT2D eigenvalue weighted by Crippen LogP contribution is -2.36. The molecule has 1 atom stereocenters. The normalized spacial score (nSPS) is 25.3. The van der Waals surface area contributed by atoms with Gasteiger partial charge in [0.2, 0.25) is 0 Å². The van der Waals surface area contributed by atoms with Crippen LogP contribution in [0.3, 0.4) is 0 Å². The van der Waals surface area contributed by atoms with E-state index in [1.54, 1.807) is 7.11 Å². The molecule has 0 radical (unpaired) electrons. The van der Waals surface area contributed by atoms with Crippen molar-refractivity contribution in [2.45, 2.75) is 45.2 Å². The first-order chi connectivity index (χ1) is 7.58. The van der Waals surface area contributed by atoms with Crippen LogP contribution in [0.25, 0.3) is 0 Å². The number of ether oxygens (including phenoxy) is 1. The molecule has 1 N–H and O–H groups in total. The van der Waals surface area contributed by atoms with Gasteiger partial charge in [0.15, 0.2) is 5.75 Å². The minimum atomic E-state index is 0.00606. The van der Waals surface area contributed by atoms with Crippen LogP contribution in [0.2, 0.25) is 0 Å². The predicted molar refractivity (Wildman–Crippen MR) is 63.8 cm³/mol. The van der Waals surface area contributed by atoms with Gasteiger partial charge in [0.25, 0.3) is 0 Å². The van der Waals surface area contributed by atoms with Gasteiger partial charge >= 0.3 is 0 Å². The molecule has 0 bridgehead atoms. The van der Waals surface area contributed by atoms with E-state index < -0.39 is 0 Å². The monoisotopic (exact) mass is 223 g/mol. The lowest BCUT2D eigenvalue weighted by atomic mass is 9.95. The van der Waals surface area contributed by atoms with Crippen molar-refractivity contribution in [2.75, 3.05) is 13.7 Å². The molecule has 2 rings (SSSR count). The first-order valence-electron chi connectivity index (χ1n) is 5.95. The van der Waals surface area contributed by atoms with Gasteiger partial charge in [0, 0.05) is 6.04 Å². The molecule has 1 aromatic rings. The summed E-state index contributed by atoms with van der Waals surface area (Å²) < 4.78 is 7.50. The molecule has 4 nitrogen and oxygen atoms in total. The van der Waals surface area contributed by atoms with Gasteiger partial charge in [-0.15, -0.1) is 0 Å². The molecule has 16 heavy (non-hydrogen) atoms. The molecule has 1 unspecified atom stereocenters. The van der Waals surface area contributed by atoms with E-state index in [9.17, 15) is 0 Å². The molecule has 0 spiro atoms. The van der Waals surface area contributed by atoms with Crippen LogP contribution in [0.1, 0.15) is 45.3 Å². The number of hydrogen-bond donors (Lipinski definition) is 1. The standard InChI is InChI=1S/C12H21N3O/c1-9(2)15-11(10(16-4)8-14-15)12(3)6-5-7-13-12/h8-9,13H,5-7H2,1-4H3. The van der Waals surface area contributed by atoms with E-state index in [2.05, 4.69) is 35.9 Å². The van der Waals surface area contributed by atoms with Crippen LogP contribution >= 0.6 is 0 Å². The molecule has 4 heteroatoms. The van der Waals surface area contributed by atoms with Gasteiger partial charge in [-0.2, -0.15) is 5.10 Å². The Labute approximate surface area is 97.0 Å². The molecule has 1 aromatic heterocycles. The minimum absolute atomic E-state index is 0.00606. The Morgan fingerprint density at radius 2 is 2.31 bits per heavy atom. The average molecular weight is 223 g/mol. The molecule has 1 saturated heterocycles. The predicted octanol–water partition coefficient (Wildman–Crippen LogP) is 2.07. The molecule has 90 valence electrons. The van der Waals surface area contributed by atoms with Crippen molar-refractivity contribution < 1.29 is 4.74 Å². The van der Waals surface area contributed by atoms with Crippen LogP contribution in [0, 0.1) is 0 Å². The van der Waals surface area contributed by atoms with E-state index in [0.29, 0.717) is 6.04 Å². The number of aromatic nitrogens is 2. The summed E-state index contributed by atoms with van der Waals surface area (Å²) in [5.41, 5.74) is 1.19. The van der Waals surface area contributed by atoms with Gasteiger partial charge in [-0.3, -0.25) is 4.68 Å². The van der Waals surface area contributed by atoms with Gasteiger partial charge in [-0.25, -0.2) is 0 Å². The SMILES string of the molecule is COc1cnn(C(C)C)c1C1(C)CCCN1. The Kier molecular flexibility index (Phi) is 2.93. The van der Waals surface area contributed by atoms with Crippen molar-refractivity contribution in [1.82, 2.24) is 15.1 Å². The summed E-state index contributed by atoms with van der Waals surface area (Å²) in [6, 6.07) is 0.359. The van der Waals surface area contributed by atoms with E-state index in [0.717, 1.165) is 18.7 Å². The summed E-state index contributed by atoms with van der Waals surface area (Å²) in [5, 5.41) is 7.99. The summed E-state index contributed by atoms with van der Waals surface area (Å²) in [7, 11) is 1.71. The number of nitrogens with zero attached hydrogens (tertiary/aromatic N) is 2. The highest BCUT2D eigenvalue weighted by Gasteiger charge is 2.36. The second-order valence-electron chi connectivity index (χ2n) is 4.96. The van der Waals surface area contributed by atoms with E-state index >= 15 is 0 Å². The maximum Gasteiger partial charge on any atom is 0.161 e. The van der Waals surface area contributed by atoms with E-state index in [4.69, 9.17) is 4.74 Å². The fourth-order valence-corrected chi connectivity index (χ4v) is 2.51. The van der Waals surface area contributed by atoms with Crippen molar-refractivity contribution in [3.05, 3.63) is 11.9 Å². The second kappa shape index (κ2) is 4.09. The van der Waals surface area contributed by atoms with Crippen molar-refractivity contribution in [3.8, 4) is 5.75 Å². The van der Waals surface area contributed by atoms with Crippen LogP contribution in [0.15, 0.2) is 6.20 Å². The van der Waals surface area contributed by atoms with Gasteiger partial charge in [-0.1, -0.05) is 0 Å². The Bertz CT molecular complexity index is 364. The maximum absolute atomic E-state index is 5.43. The van der Waals surface area contributed by atoms with Crippen molar-refractivity contribution in [1.29, 1.82) is 0 Å². The largest absolute Gasteiger partial charge is 0.493 e. The number of rotatable bonds is 3. The topological polar surface area (TPSA) is 39.1 Å². The zero-order valence-corrected chi connectivity index (χ0v) is 10.6. The minimum Gasteiger partial charge on any atom is -0.493 e. The Hall–Kier alpha value is -1.03. The summed E-state index contributed by atoms with van der Waals surface area (Å²) in [6.45, 7) is 7.60. The molecule has 1 aliphatic heterocycles. The summed E-state index contributed by atoms with van der Waals surface area (Å²) >= 11 is 0. The van der Waals surface area contributed by atoms with Crippen molar-refractivity contribution in [3.63, 3.8) is 0 Å². The highest BCUT2D eigenvalue weighted by molar-refractivity contribution is 5.33. The van der Waals surface area contributed by atoms with Gasteiger partial charge < -0.3 is 10.1 Å². The number of methoxy groups -OCH3 is 1. The summed E-state index contributed by atoms with van der Waals surface area (Å²) in [4.78, 5) is 0. The Balaban J connectivity index is 2.47. The molecule has 0 aromatic carbocycles. The number of nitrogens with one attached hydrogen (secondary N) is 1. The van der Waals surface area contributed by atoms with Crippen LogP contribution in [0.5, 0.6) is 5.75 Å². The third-order valence-corrected chi connectivity index (χ3v) is 3.36. The lowest BCUT2D eigenvalue weighted by molar-refractivity contribution is 0.339. The van der Waals surface area contributed by atoms with E-state index in [1.165, 1.54) is 12.1 Å². The molecule has 0 aliphatic carbocycles. The van der Waals surface area contributed by atoms with E-state index in [1.807, 2.05) is 6.20 Å². The zero-order valence-electron chi connectivity index (χ0n) is 10.6. The van der Waals surface area contributed by atoms with E-state index in [-0.39, 0.29) is 5.54 Å². The quantitative estimate of drug-likeness (QED) is 0.852. The second-order valence-corrected chi connectivity index (χ2v) is 4.96. The molecule has 0 amide bonds. The van der Waals surface area contributed by atoms with Crippen LogP contribution in [0.4, 0.5) is 0 Å². The first kappa shape index (κ1) is 11.5. The first-order valence-corrected chi connectivity index (χ1v) is 5.95. The van der Waals surface area contributed by atoms with Gasteiger partial charge in [0.1, 0.15) is 5.69 Å². The van der Waals surface area contributed by atoms with Gasteiger partial charge in [-0.05, 0) is 40.2 Å². The summed E-state index contributed by atoms with van der Waals surface area (Å²) in [6.07, 6.45) is 4.17. The smallest absolute Gasteiger partial charge is 0.161 e. The van der Waals surface area contributed by atoms with Crippen molar-refractivity contribution >= 4 is 0 Å². The van der Waals surface area contributed by atoms with Gasteiger partial charge in [0.05, 0.1) is 18.8 Å². The maximum atomic E-state index is 5.43. The molecule has 2 heterocycles. The van der Waals surface area contributed by atoms with Crippen LogP contribution in [-0.2, 0) is 5.54 Å². The average Bonchev–Trinajstić information content (AvgIpc) is 2.83.